The fraction of sp³-hybridized carbons (Fsp3) is 0.211. The number of aromatic nitrogens is 5. The molecule has 1 aromatic carbocycles. The molecule has 0 saturated heterocycles. The van der Waals surface area contributed by atoms with Gasteiger partial charge in [0.25, 0.3) is 0 Å². The smallest absolute Gasteiger partial charge is 0.340 e. The minimum absolute atomic E-state index is 0.258. The number of benzene rings is 1. The molecule has 0 radical (unpaired) electrons. The van der Waals surface area contributed by atoms with Gasteiger partial charge in [0.15, 0.2) is 6.61 Å². The van der Waals surface area contributed by atoms with Crippen molar-refractivity contribution in [3.05, 3.63) is 71.8 Å². The van der Waals surface area contributed by atoms with Gasteiger partial charge in [-0.25, -0.2) is 4.79 Å². The van der Waals surface area contributed by atoms with Crippen molar-refractivity contribution in [3.63, 3.8) is 0 Å². The van der Waals surface area contributed by atoms with Gasteiger partial charge in [0, 0.05) is 23.5 Å². The van der Waals surface area contributed by atoms with Gasteiger partial charge in [-0.05, 0) is 42.5 Å². The molecule has 138 valence electrons. The van der Waals surface area contributed by atoms with Crippen LogP contribution in [0.15, 0.2) is 49.3 Å². The molecule has 0 amide bonds. The monoisotopic (exact) mass is 365 g/mol. The molecule has 0 N–H and O–H groups in total. The van der Waals surface area contributed by atoms with Gasteiger partial charge in [-0.15, -0.1) is 11.7 Å². The van der Waals surface area contributed by atoms with Crippen molar-refractivity contribution in [3.8, 4) is 5.69 Å². The van der Waals surface area contributed by atoms with Crippen LogP contribution in [0.4, 0.5) is 0 Å². The third kappa shape index (κ3) is 3.69. The lowest BCUT2D eigenvalue weighted by Crippen LogP contribution is -2.16. The Labute approximate surface area is 156 Å². The van der Waals surface area contributed by atoms with E-state index < -0.39 is 5.97 Å². The van der Waals surface area contributed by atoms with Gasteiger partial charge in [-0.3, -0.25) is 4.79 Å². The van der Waals surface area contributed by atoms with Crippen LogP contribution in [-0.4, -0.2) is 43.1 Å². The molecule has 0 aliphatic carbocycles. The zero-order chi connectivity index (χ0) is 19.4. The van der Waals surface area contributed by atoms with Crippen molar-refractivity contribution in [1.29, 1.82) is 0 Å². The zero-order valence-corrected chi connectivity index (χ0v) is 15.1. The average Bonchev–Trinajstić information content (AvgIpc) is 3.30. The quantitative estimate of drug-likeness (QED) is 0.362. The first-order valence-corrected chi connectivity index (χ1v) is 8.33. The van der Waals surface area contributed by atoms with Crippen molar-refractivity contribution < 1.29 is 14.3 Å². The molecule has 0 unspecified atom stereocenters. The van der Waals surface area contributed by atoms with Crippen LogP contribution in [0.1, 0.15) is 32.1 Å². The zero-order valence-electron chi connectivity index (χ0n) is 15.1. The van der Waals surface area contributed by atoms with Crippen LogP contribution in [0, 0.1) is 13.8 Å². The molecule has 8 heteroatoms. The van der Waals surface area contributed by atoms with Crippen LogP contribution in [0.3, 0.4) is 0 Å². The van der Waals surface area contributed by atoms with Gasteiger partial charge in [0.1, 0.15) is 6.33 Å². The van der Waals surface area contributed by atoms with E-state index >= 15 is 0 Å². The molecular weight excluding hydrogens is 346 g/mol. The molecule has 2 aromatic heterocycles. The molecule has 0 saturated carbocycles. The van der Waals surface area contributed by atoms with Crippen LogP contribution in [0.2, 0.25) is 0 Å². The first-order chi connectivity index (χ1) is 13.0. The lowest BCUT2D eigenvalue weighted by atomic mass is 10.1. The Morgan fingerprint density at radius 3 is 2.70 bits per heavy atom. The number of aryl methyl sites for hydroxylation is 1. The lowest BCUT2D eigenvalue weighted by Gasteiger charge is -2.09. The number of hydrogen-bond acceptors (Lipinski definition) is 6. The number of tetrazole rings is 1. The Morgan fingerprint density at radius 1 is 1.22 bits per heavy atom. The summed E-state index contributed by atoms with van der Waals surface area (Å²) in [4.78, 5) is 25.0. The summed E-state index contributed by atoms with van der Waals surface area (Å²) in [5.41, 5.74) is 3.06. The van der Waals surface area contributed by atoms with Crippen molar-refractivity contribution in [1.82, 2.24) is 24.8 Å². The number of allylic oxidation sites excluding steroid dienone is 1. The first kappa shape index (κ1) is 18.2. The number of rotatable bonds is 7. The van der Waals surface area contributed by atoms with Crippen LogP contribution in [-0.2, 0) is 11.3 Å². The topological polar surface area (TPSA) is 91.9 Å². The minimum atomic E-state index is -0.616. The van der Waals surface area contributed by atoms with Crippen molar-refractivity contribution in [2.45, 2.75) is 20.4 Å². The summed E-state index contributed by atoms with van der Waals surface area (Å²) >= 11 is 0. The molecule has 0 aliphatic rings. The summed E-state index contributed by atoms with van der Waals surface area (Å²) < 4.78 is 8.59. The molecule has 8 nitrogen and oxygen atoms in total. The molecule has 27 heavy (non-hydrogen) atoms. The van der Waals surface area contributed by atoms with Crippen molar-refractivity contribution >= 4 is 11.8 Å². The van der Waals surface area contributed by atoms with E-state index in [9.17, 15) is 9.59 Å². The summed E-state index contributed by atoms with van der Waals surface area (Å²) in [5.74, 6) is -0.874. The van der Waals surface area contributed by atoms with E-state index in [1.165, 1.54) is 11.0 Å². The second-order valence-electron chi connectivity index (χ2n) is 5.95. The van der Waals surface area contributed by atoms with Gasteiger partial charge in [-0.2, -0.15) is 4.68 Å². The van der Waals surface area contributed by atoms with E-state index in [4.69, 9.17) is 4.74 Å². The highest BCUT2D eigenvalue weighted by Crippen LogP contribution is 2.17. The SMILES string of the molecule is C=CCn1c(C)cc(C(=O)COC(=O)c2ccccc2-n2cnnn2)c1C. The van der Waals surface area contributed by atoms with E-state index in [2.05, 4.69) is 22.1 Å². The van der Waals surface area contributed by atoms with E-state index in [1.807, 2.05) is 18.4 Å². The van der Waals surface area contributed by atoms with E-state index in [0.29, 0.717) is 17.8 Å². The number of ketones is 1. The minimum Gasteiger partial charge on any atom is -0.454 e. The summed E-state index contributed by atoms with van der Waals surface area (Å²) in [7, 11) is 0. The number of nitrogens with zero attached hydrogens (tertiary/aromatic N) is 5. The maximum Gasteiger partial charge on any atom is 0.340 e. The average molecular weight is 365 g/mol. The fourth-order valence-electron chi connectivity index (χ4n) is 2.90. The van der Waals surface area contributed by atoms with E-state index in [1.54, 1.807) is 36.4 Å². The molecule has 0 bridgehead atoms. The van der Waals surface area contributed by atoms with Crippen molar-refractivity contribution in [2.75, 3.05) is 6.61 Å². The Hall–Kier alpha value is -3.55. The highest BCUT2D eigenvalue weighted by atomic mass is 16.5. The third-order valence-electron chi connectivity index (χ3n) is 4.24. The summed E-state index contributed by atoms with van der Waals surface area (Å²) in [6, 6.07) is 8.55. The number of ether oxygens (including phenoxy) is 1. The van der Waals surface area contributed by atoms with Crippen molar-refractivity contribution in [2.24, 2.45) is 0 Å². The Kier molecular flexibility index (Phi) is 5.25. The first-order valence-electron chi connectivity index (χ1n) is 8.33. The standard InChI is InChI=1S/C19H19N5O3/c1-4-9-23-13(2)10-16(14(23)3)18(25)11-27-19(26)15-7-5-6-8-17(15)24-12-20-21-22-24/h4-8,10,12H,1,9,11H2,2-3H3. The summed E-state index contributed by atoms with van der Waals surface area (Å²) in [6.45, 7) is 7.77. The number of Topliss-reactive ketones (excluding diaryl/α,β-unsaturated/α-hetero) is 1. The molecule has 0 spiro atoms. The summed E-state index contributed by atoms with van der Waals surface area (Å²) in [6.07, 6.45) is 3.15. The Bertz CT molecular complexity index is 989. The number of carbonyl (C=O) groups excluding carboxylic acids is 2. The third-order valence-corrected chi connectivity index (χ3v) is 4.24. The van der Waals surface area contributed by atoms with Gasteiger partial charge in [-0.1, -0.05) is 18.2 Å². The van der Waals surface area contributed by atoms with Crippen LogP contribution in [0.5, 0.6) is 0 Å². The lowest BCUT2D eigenvalue weighted by molar-refractivity contribution is 0.0474. The molecule has 0 atom stereocenters. The highest BCUT2D eigenvalue weighted by Gasteiger charge is 2.19. The highest BCUT2D eigenvalue weighted by molar-refractivity contribution is 6.01. The van der Waals surface area contributed by atoms with Crippen LogP contribution in [0.25, 0.3) is 5.69 Å². The molecule has 3 aromatic rings. The second-order valence-corrected chi connectivity index (χ2v) is 5.95. The van der Waals surface area contributed by atoms with Gasteiger partial charge < -0.3 is 9.30 Å². The predicted octanol–water partition coefficient (Wildman–Crippen LogP) is 2.31. The predicted molar refractivity (Wildman–Crippen MR) is 97.9 cm³/mol. The maximum absolute atomic E-state index is 12.5. The number of carbonyl (C=O) groups is 2. The summed E-state index contributed by atoms with van der Waals surface area (Å²) in [5, 5.41) is 10.9. The molecular formula is C19H19N5O3. The molecule has 3 rings (SSSR count). The molecule has 0 fully saturated rings. The molecule has 0 aliphatic heterocycles. The fourth-order valence-corrected chi connectivity index (χ4v) is 2.90. The second kappa shape index (κ2) is 7.77. The van der Waals surface area contributed by atoms with E-state index in [-0.39, 0.29) is 18.0 Å². The van der Waals surface area contributed by atoms with Gasteiger partial charge in [0.05, 0.1) is 11.3 Å². The largest absolute Gasteiger partial charge is 0.454 e. The van der Waals surface area contributed by atoms with Gasteiger partial charge >= 0.3 is 5.97 Å². The normalized spacial score (nSPS) is 10.6. The van der Waals surface area contributed by atoms with Crippen LogP contribution >= 0.6 is 0 Å². The van der Waals surface area contributed by atoms with Gasteiger partial charge in [0.2, 0.25) is 5.78 Å². The number of para-hydroxylation sites is 1. The number of esters is 1. The Morgan fingerprint density at radius 2 is 2.00 bits per heavy atom. The maximum atomic E-state index is 12.5. The number of hydrogen-bond donors (Lipinski definition) is 0. The van der Waals surface area contributed by atoms with E-state index in [0.717, 1.165) is 11.4 Å². The van der Waals surface area contributed by atoms with Crippen LogP contribution < -0.4 is 0 Å². The Balaban J connectivity index is 1.75. The molecule has 2 heterocycles.